The first-order chi connectivity index (χ1) is 26.8. The highest BCUT2D eigenvalue weighted by Gasteiger charge is 2.27. The van der Waals surface area contributed by atoms with E-state index in [9.17, 15) is 1.37 Å². The Labute approximate surface area is 316 Å². The Balaban J connectivity index is 1.03. The van der Waals surface area contributed by atoms with Crippen molar-refractivity contribution in [2.24, 2.45) is 5.41 Å². The number of ether oxygens (including phenoxy) is 1. The Bertz CT molecular complexity index is 2870. The molecule has 0 bridgehead atoms. The van der Waals surface area contributed by atoms with E-state index in [1.54, 1.807) is 12.4 Å². The molecule has 0 atom stereocenters. The highest BCUT2D eigenvalue weighted by atomic mass is 16.5. The van der Waals surface area contributed by atoms with Crippen molar-refractivity contribution in [2.75, 3.05) is 0 Å². The minimum Gasteiger partial charge on any atom is -0.457 e. The number of pyridine rings is 2. The zero-order valence-electron chi connectivity index (χ0n) is 31.5. The summed E-state index contributed by atoms with van der Waals surface area (Å²) >= 11 is 0. The zero-order valence-corrected chi connectivity index (χ0v) is 30.5. The molecule has 1 aliphatic carbocycles. The van der Waals surface area contributed by atoms with Gasteiger partial charge in [0.1, 0.15) is 22.7 Å². The van der Waals surface area contributed by atoms with Crippen molar-refractivity contribution < 1.29 is 10.5 Å². The van der Waals surface area contributed by atoms with E-state index in [0.29, 0.717) is 11.2 Å². The molecule has 9 aromatic rings. The molecule has 0 unspecified atom stereocenters. The molecule has 1 saturated carbocycles. The van der Waals surface area contributed by atoms with Gasteiger partial charge in [-0.05, 0) is 137 Å². The average Bonchev–Trinajstić information content (AvgIpc) is 3.61. The molecule has 54 heavy (non-hydrogen) atoms. The van der Waals surface area contributed by atoms with Crippen LogP contribution >= 0.6 is 0 Å². The number of hydrogen-bond donors (Lipinski definition) is 0. The first-order valence-electron chi connectivity index (χ1n) is 19.4. The maximum Gasteiger partial charge on any atom is 0.145 e. The summed E-state index contributed by atoms with van der Waals surface area (Å²) in [6.07, 6.45) is 7.64. The summed E-state index contributed by atoms with van der Waals surface area (Å²) in [4.78, 5) is 9.23. The van der Waals surface area contributed by atoms with Gasteiger partial charge in [-0.15, -0.1) is 0 Å². The second kappa shape index (κ2) is 13.0. The molecular weight excluding hydrogens is 661 g/mol. The highest BCUT2D eigenvalue weighted by Crippen LogP contribution is 2.45. The van der Waals surface area contributed by atoms with Crippen LogP contribution in [0.2, 0.25) is 0 Å². The summed E-state index contributed by atoms with van der Waals surface area (Å²) in [7, 11) is 0. The van der Waals surface area contributed by atoms with Crippen LogP contribution in [0.4, 0.5) is 0 Å². The van der Waals surface area contributed by atoms with E-state index in [4.69, 9.17) is 14.1 Å². The van der Waals surface area contributed by atoms with Crippen LogP contribution < -0.4 is 4.74 Å². The number of furan rings is 1. The largest absolute Gasteiger partial charge is 0.457 e. The van der Waals surface area contributed by atoms with Gasteiger partial charge in [-0.25, -0.2) is 0 Å². The Morgan fingerprint density at radius 2 is 1.28 bits per heavy atom. The van der Waals surface area contributed by atoms with Gasteiger partial charge in [0.2, 0.25) is 0 Å². The second-order valence-corrected chi connectivity index (χ2v) is 15.4. The summed E-state index contributed by atoms with van der Waals surface area (Å²) in [6, 6.07) is 48.2. The lowest BCUT2D eigenvalue weighted by molar-refractivity contribution is 0.224. The Hall–Kier alpha value is -6.26. The van der Waals surface area contributed by atoms with Crippen molar-refractivity contribution >= 4 is 43.5 Å². The molecule has 3 heterocycles. The van der Waals surface area contributed by atoms with E-state index in [0.717, 1.165) is 92.2 Å². The molecule has 0 amide bonds. The van der Waals surface area contributed by atoms with E-state index in [1.165, 1.54) is 21.9 Å². The average molecular weight is 702 g/mol. The van der Waals surface area contributed by atoms with Crippen molar-refractivity contribution in [3.63, 3.8) is 0 Å². The maximum absolute atomic E-state index is 9.22. The van der Waals surface area contributed by atoms with Gasteiger partial charge in [-0.3, -0.25) is 9.97 Å². The minimum atomic E-state index is -0.488. The Kier molecular flexibility index (Phi) is 7.53. The fourth-order valence-corrected chi connectivity index (χ4v) is 8.21. The number of nitrogens with zero attached hydrogens (tertiary/aromatic N) is 2. The lowest BCUT2D eigenvalue weighted by atomic mass is 9.71. The molecule has 0 spiro atoms. The van der Waals surface area contributed by atoms with Gasteiger partial charge in [0.05, 0.1) is 11.4 Å². The normalized spacial score (nSPS) is 15.5. The van der Waals surface area contributed by atoms with Crippen molar-refractivity contribution in [1.29, 1.82) is 0 Å². The SMILES string of the molecule is [2H]C1(c2ccc(-c3ccc4c(ccc5c4ccc4c6cc(Oc7cccc(-c8ccccn8)c7)cc(-c7ccccn7)c6oc45)c3)cc2)CCC(C)(C)CC1. The molecule has 1 aliphatic rings. The molecule has 0 saturated heterocycles. The quantitative estimate of drug-likeness (QED) is 0.162. The van der Waals surface area contributed by atoms with Gasteiger partial charge in [0, 0.05) is 41.1 Å². The first-order valence-corrected chi connectivity index (χ1v) is 18.9. The number of rotatable bonds is 6. The highest BCUT2D eigenvalue weighted by molar-refractivity contribution is 6.22. The molecule has 0 aliphatic heterocycles. The summed E-state index contributed by atoms with van der Waals surface area (Å²) < 4.78 is 22.6. The molecule has 3 aromatic heterocycles. The van der Waals surface area contributed by atoms with Crippen molar-refractivity contribution in [3.05, 3.63) is 157 Å². The smallest absolute Gasteiger partial charge is 0.145 e. The number of aromatic nitrogens is 2. The van der Waals surface area contributed by atoms with Crippen LogP contribution in [0, 0.1) is 5.41 Å². The van der Waals surface area contributed by atoms with E-state index in [2.05, 4.69) is 91.6 Å². The standard InChI is InChI=1S/C50H40N2O2/c1-50(2)24-22-34(23-25-50)32-12-14-33(15-13-32)35-16-18-40-36(28-35)17-19-42-41(40)20-21-43-44-30-39(31-45(49(44)54-48(42)43)47-11-4-6-27-52-47)53-38-9-7-8-37(29-38)46-10-3-5-26-51-46/h3-21,26-31,34H,22-25H2,1-2H3/i34D. The lowest BCUT2D eigenvalue weighted by Crippen LogP contribution is -2.20. The molecule has 0 N–H and O–H groups in total. The van der Waals surface area contributed by atoms with Crippen LogP contribution in [0.1, 0.15) is 52.4 Å². The third kappa shape index (κ3) is 5.88. The van der Waals surface area contributed by atoms with Gasteiger partial charge in [-0.1, -0.05) is 86.6 Å². The number of benzene rings is 6. The molecule has 6 aromatic carbocycles. The molecule has 4 nitrogen and oxygen atoms in total. The van der Waals surface area contributed by atoms with E-state index >= 15 is 0 Å². The molecule has 0 radical (unpaired) electrons. The van der Waals surface area contributed by atoms with Gasteiger partial charge in [0.15, 0.2) is 0 Å². The molecule has 10 rings (SSSR count). The fourth-order valence-electron chi connectivity index (χ4n) is 8.21. The topological polar surface area (TPSA) is 48.2 Å². The predicted molar refractivity (Wildman–Crippen MR) is 222 cm³/mol. The van der Waals surface area contributed by atoms with Gasteiger partial charge < -0.3 is 9.15 Å². The van der Waals surface area contributed by atoms with E-state index < -0.39 is 5.89 Å². The van der Waals surface area contributed by atoms with Crippen LogP contribution in [-0.2, 0) is 0 Å². The summed E-state index contributed by atoms with van der Waals surface area (Å²) in [6.45, 7) is 4.66. The number of fused-ring (bicyclic) bond motifs is 7. The van der Waals surface area contributed by atoms with Crippen LogP contribution in [0.25, 0.3) is 77.1 Å². The lowest BCUT2D eigenvalue weighted by Gasteiger charge is -2.34. The first kappa shape index (κ1) is 31.3. The van der Waals surface area contributed by atoms with Crippen LogP contribution in [0.3, 0.4) is 0 Å². The molecule has 4 heteroatoms. The summed E-state index contributed by atoms with van der Waals surface area (Å²) in [5, 5.41) is 6.56. The molecule has 1 fully saturated rings. The number of hydrogen-bond acceptors (Lipinski definition) is 4. The Morgan fingerprint density at radius 1 is 0.574 bits per heavy atom. The maximum atomic E-state index is 9.22. The third-order valence-electron chi connectivity index (χ3n) is 11.3. The van der Waals surface area contributed by atoms with Crippen LogP contribution in [-0.4, -0.2) is 9.97 Å². The summed E-state index contributed by atoms with van der Waals surface area (Å²) in [5.41, 5.74) is 9.00. The fraction of sp³-hybridized carbons (Fsp3) is 0.160. The van der Waals surface area contributed by atoms with Gasteiger partial charge in [0.25, 0.3) is 0 Å². The molecule has 262 valence electrons. The minimum absolute atomic E-state index is 0.339. The van der Waals surface area contributed by atoms with Crippen LogP contribution in [0.5, 0.6) is 11.5 Å². The third-order valence-corrected chi connectivity index (χ3v) is 11.3. The van der Waals surface area contributed by atoms with Crippen LogP contribution in [0.15, 0.2) is 156 Å². The monoisotopic (exact) mass is 701 g/mol. The zero-order chi connectivity index (χ0) is 37.1. The second-order valence-electron chi connectivity index (χ2n) is 15.4. The predicted octanol–water partition coefficient (Wildman–Crippen LogP) is 14.2. The Morgan fingerprint density at radius 3 is 2.06 bits per heavy atom. The van der Waals surface area contributed by atoms with Gasteiger partial charge >= 0.3 is 0 Å². The molecular formula is C50H40N2O2. The van der Waals surface area contributed by atoms with Crippen molar-refractivity contribution in [2.45, 2.75) is 45.4 Å². The van der Waals surface area contributed by atoms with E-state index in [1.807, 2.05) is 66.7 Å². The summed E-state index contributed by atoms with van der Waals surface area (Å²) in [5.74, 6) is 0.939. The van der Waals surface area contributed by atoms with Gasteiger partial charge in [-0.2, -0.15) is 0 Å². The van der Waals surface area contributed by atoms with Crippen molar-refractivity contribution in [3.8, 4) is 45.1 Å². The van der Waals surface area contributed by atoms with Crippen molar-refractivity contribution in [1.82, 2.24) is 9.97 Å². The van der Waals surface area contributed by atoms with E-state index in [-0.39, 0.29) is 0 Å².